The first-order valence-electron chi connectivity index (χ1n) is 15.6. The van der Waals surface area contributed by atoms with E-state index in [-0.39, 0.29) is 11.3 Å². The van der Waals surface area contributed by atoms with E-state index in [1.54, 1.807) is 36.3 Å². The summed E-state index contributed by atoms with van der Waals surface area (Å²) in [5.74, 6) is 0.399. The predicted octanol–water partition coefficient (Wildman–Crippen LogP) is 7.82. The van der Waals surface area contributed by atoms with E-state index in [2.05, 4.69) is 25.2 Å². The van der Waals surface area contributed by atoms with Crippen molar-refractivity contribution in [1.29, 1.82) is 0 Å². The monoisotopic (exact) mass is 653 g/mol. The summed E-state index contributed by atoms with van der Waals surface area (Å²) in [6.07, 6.45) is 0.211. The molecule has 0 bridgehead atoms. The number of likely N-dealkylation sites (N-methyl/N-ethyl adjacent to an activating group) is 1. The SMILES string of the molecule is COc1cc(OC(=O)N(CCN(C)C)Cc2ccccc2)ccc1-c1ccc2c(c1C(O)C(=O)c1ccc(C)s1)C(C)=CC(C)(C)N2. The van der Waals surface area contributed by atoms with E-state index in [4.69, 9.17) is 9.47 Å². The number of Topliss-reactive ketones (excluding diaryl/α,β-unsaturated/α-hetero) is 1. The normalized spacial score (nSPS) is 14.1. The molecule has 0 aliphatic carbocycles. The van der Waals surface area contributed by atoms with Gasteiger partial charge in [-0.1, -0.05) is 42.5 Å². The van der Waals surface area contributed by atoms with E-state index in [9.17, 15) is 14.7 Å². The number of carbonyl (C=O) groups excluding carboxylic acids is 2. The Labute approximate surface area is 281 Å². The number of benzene rings is 3. The molecule has 9 heteroatoms. The zero-order valence-electron chi connectivity index (χ0n) is 28.1. The first kappa shape index (κ1) is 33.9. The van der Waals surface area contributed by atoms with Crippen LogP contribution >= 0.6 is 11.3 Å². The lowest BCUT2D eigenvalue weighted by Gasteiger charge is -2.34. The molecule has 1 aliphatic rings. The Morgan fingerprint density at radius 1 is 0.957 bits per heavy atom. The lowest BCUT2D eigenvalue weighted by molar-refractivity contribution is 0.0752. The van der Waals surface area contributed by atoms with Crippen LogP contribution in [0.3, 0.4) is 0 Å². The number of aryl methyl sites for hydroxylation is 1. The molecule has 246 valence electrons. The number of nitrogens with zero attached hydrogens (tertiary/aromatic N) is 2. The second kappa shape index (κ2) is 14.1. The molecular weight excluding hydrogens is 611 g/mol. The fourth-order valence-electron chi connectivity index (χ4n) is 5.98. The van der Waals surface area contributed by atoms with E-state index < -0.39 is 12.2 Å². The van der Waals surface area contributed by atoms with Crippen LogP contribution in [-0.4, -0.2) is 66.6 Å². The molecule has 1 amide bonds. The molecule has 1 aliphatic heterocycles. The number of amides is 1. The molecule has 1 aromatic heterocycles. The van der Waals surface area contributed by atoms with Crippen LogP contribution in [0, 0.1) is 6.92 Å². The Hall–Kier alpha value is -4.44. The molecule has 0 saturated heterocycles. The summed E-state index contributed by atoms with van der Waals surface area (Å²) in [7, 11) is 5.47. The molecule has 8 nitrogen and oxygen atoms in total. The average molecular weight is 654 g/mol. The highest BCUT2D eigenvalue weighted by Crippen LogP contribution is 2.46. The Kier molecular flexibility index (Phi) is 10.2. The van der Waals surface area contributed by atoms with Crippen molar-refractivity contribution in [1.82, 2.24) is 9.80 Å². The third kappa shape index (κ3) is 7.76. The van der Waals surface area contributed by atoms with Gasteiger partial charge in [-0.3, -0.25) is 4.79 Å². The number of nitrogens with one attached hydrogen (secondary N) is 1. The minimum atomic E-state index is -1.42. The number of ether oxygens (including phenoxy) is 2. The molecule has 0 fully saturated rings. The van der Waals surface area contributed by atoms with Crippen molar-refractivity contribution in [2.75, 3.05) is 39.6 Å². The van der Waals surface area contributed by atoms with Gasteiger partial charge < -0.3 is 29.7 Å². The second-order valence-corrected chi connectivity index (χ2v) is 14.0. The van der Waals surface area contributed by atoms with Gasteiger partial charge in [0.15, 0.2) is 0 Å². The lowest BCUT2D eigenvalue weighted by Crippen LogP contribution is -2.38. The summed E-state index contributed by atoms with van der Waals surface area (Å²) in [6.45, 7) is 9.66. The molecule has 2 N–H and O–H groups in total. The van der Waals surface area contributed by atoms with Gasteiger partial charge in [0.2, 0.25) is 5.78 Å². The van der Waals surface area contributed by atoms with Crippen LogP contribution in [0.25, 0.3) is 16.7 Å². The van der Waals surface area contributed by atoms with Crippen LogP contribution in [0.4, 0.5) is 10.5 Å². The number of hydrogen-bond acceptors (Lipinski definition) is 8. The quantitative estimate of drug-likeness (QED) is 0.160. The number of thiophene rings is 1. The minimum Gasteiger partial charge on any atom is -0.496 e. The lowest BCUT2D eigenvalue weighted by atomic mass is 9.82. The number of aliphatic hydroxyl groups is 1. The molecule has 3 aromatic carbocycles. The maximum absolute atomic E-state index is 13.7. The second-order valence-electron chi connectivity index (χ2n) is 12.7. The smallest absolute Gasteiger partial charge is 0.415 e. The van der Waals surface area contributed by atoms with Gasteiger partial charge in [0.05, 0.1) is 17.5 Å². The van der Waals surface area contributed by atoms with E-state index in [1.807, 2.05) is 81.4 Å². The Balaban J connectivity index is 1.52. The highest BCUT2D eigenvalue weighted by molar-refractivity contribution is 7.14. The fraction of sp³-hybridized carbons (Fsp3) is 0.316. The standard InChI is InChI=1S/C38H43N3O5S/c1-24-22-38(3,4)39-30-17-16-29(34(33(24)30)36(43)35(42)32-18-13-25(2)47-32)28-15-14-27(21-31(28)45-7)46-37(44)41(20-19-40(5)6)23-26-11-9-8-10-12-26/h8-18,21-22,36,39,43H,19-20,23H2,1-7H3. The van der Waals surface area contributed by atoms with Crippen LogP contribution in [0.5, 0.6) is 11.5 Å². The number of carbonyl (C=O) groups is 2. The van der Waals surface area contributed by atoms with Crippen molar-refractivity contribution in [2.45, 2.75) is 45.9 Å². The predicted molar refractivity (Wildman–Crippen MR) is 190 cm³/mol. The van der Waals surface area contributed by atoms with E-state index in [0.717, 1.165) is 27.3 Å². The highest BCUT2D eigenvalue weighted by atomic mass is 32.1. The van der Waals surface area contributed by atoms with Crippen molar-refractivity contribution in [3.05, 3.63) is 105 Å². The number of aliphatic hydroxyl groups excluding tert-OH is 1. The number of methoxy groups -OCH3 is 1. The van der Waals surface area contributed by atoms with Crippen molar-refractivity contribution >= 4 is 34.5 Å². The van der Waals surface area contributed by atoms with Gasteiger partial charge in [0.1, 0.15) is 17.6 Å². The van der Waals surface area contributed by atoms with Crippen molar-refractivity contribution in [2.24, 2.45) is 0 Å². The van der Waals surface area contributed by atoms with Crippen LogP contribution in [-0.2, 0) is 6.54 Å². The minimum absolute atomic E-state index is 0.306. The van der Waals surface area contributed by atoms with Gasteiger partial charge in [0, 0.05) is 53.0 Å². The number of rotatable bonds is 11. The van der Waals surface area contributed by atoms with E-state index in [1.165, 1.54) is 11.3 Å². The number of ketones is 1. The Bertz CT molecular complexity index is 1790. The van der Waals surface area contributed by atoms with Gasteiger partial charge in [-0.15, -0.1) is 11.3 Å². The van der Waals surface area contributed by atoms with Gasteiger partial charge in [0.25, 0.3) is 0 Å². The zero-order valence-corrected chi connectivity index (χ0v) is 28.9. The molecule has 0 saturated carbocycles. The summed E-state index contributed by atoms with van der Waals surface area (Å²) in [4.78, 5) is 32.3. The molecule has 0 radical (unpaired) electrons. The molecule has 0 spiro atoms. The average Bonchev–Trinajstić information content (AvgIpc) is 3.47. The number of fused-ring (bicyclic) bond motifs is 1. The van der Waals surface area contributed by atoms with Crippen molar-refractivity contribution < 1.29 is 24.2 Å². The third-order valence-corrected chi connectivity index (χ3v) is 9.15. The molecule has 47 heavy (non-hydrogen) atoms. The van der Waals surface area contributed by atoms with Gasteiger partial charge in [-0.05, 0) is 88.8 Å². The van der Waals surface area contributed by atoms with Crippen LogP contribution in [0.1, 0.15) is 58.1 Å². The number of allylic oxidation sites excluding steroid dienone is 1. The fourth-order valence-corrected chi connectivity index (χ4v) is 6.81. The van der Waals surface area contributed by atoms with Crippen molar-refractivity contribution in [3.63, 3.8) is 0 Å². The summed E-state index contributed by atoms with van der Waals surface area (Å²) in [5, 5.41) is 15.3. The van der Waals surface area contributed by atoms with Gasteiger partial charge >= 0.3 is 6.09 Å². The maximum atomic E-state index is 13.7. The van der Waals surface area contributed by atoms with E-state index >= 15 is 0 Å². The Morgan fingerprint density at radius 2 is 1.68 bits per heavy atom. The first-order valence-corrected chi connectivity index (χ1v) is 16.5. The summed E-state index contributed by atoms with van der Waals surface area (Å²) < 4.78 is 11.7. The highest BCUT2D eigenvalue weighted by Gasteiger charge is 2.33. The molecule has 5 rings (SSSR count). The first-order chi connectivity index (χ1) is 22.4. The molecule has 4 aromatic rings. The Morgan fingerprint density at radius 3 is 2.34 bits per heavy atom. The summed E-state index contributed by atoms with van der Waals surface area (Å²) >= 11 is 1.36. The molecule has 1 unspecified atom stereocenters. The number of hydrogen-bond donors (Lipinski definition) is 2. The van der Waals surface area contributed by atoms with Crippen LogP contribution in [0.2, 0.25) is 0 Å². The zero-order chi connectivity index (χ0) is 33.9. The molecule has 1 atom stereocenters. The topological polar surface area (TPSA) is 91.3 Å². The third-order valence-electron chi connectivity index (χ3n) is 8.14. The van der Waals surface area contributed by atoms with Crippen LogP contribution < -0.4 is 14.8 Å². The summed E-state index contributed by atoms with van der Waals surface area (Å²) in [5.41, 5.74) is 5.08. The summed E-state index contributed by atoms with van der Waals surface area (Å²) in [6, 6.07) is 22.5. The van der Waals surface area contributed by atoms with Gasteiger partial charge in [-0.25, -0.2) is 4.79 Å². The van der Waals surface area contributed by atoms with Crippen LogP contribution in [0.15, 0.2) is 78.9 Å². The van der Waals surface area contributed by atoms with Crippen molar-refractivity contribution in [3.8, 4) is 22.6 Å². The number of anilines is 1. The molecular formula is C38H43N3O5S. The maximum Gasteiger partial charge on any atom is 0.415 e. The van der Waals surface area contributed by atoms with E-state index in [0.29, 0.717) is 52.7 Å². The largest absolute Gasteiger partial charge is 0.496 e. The molecule has 2 heterocycles. The van der Waals surface area contributed by atoms with Gasteiger partial charge in [-0.2, -0.15) is 0 Å².